The number of carbonyl (C=O) groups excluding carboxylic acids is 3. The number of carboxylic acids is 1. The first-order chi connectivity index (χ1) is 19.1. The lowest BCUT2D eigenvalue weighted by atomic mass is 9.81. The van der Waals surface area contributed by atoms with Crippen molar-refractivity contribution < 1.29 is 29.0 Å². The number of carbonyl (C=O) groups is 4. The fourth-order valence-electron chi connectivity index (χ4n) is 4.65. The fourth-order valence-corrected chi connectivity index (χ4v) is 5.72. The summed E-state index contributed by atoms with van der Waals surface area (Å²) in [6, 6.07) is 9.30. The number of aromatic carboxylic acids is 1. The van der Waals surface area contributed by atoms with Gasteiger partial charge in [-0.3, -0.25) is 9.59 Å². The van der Waals surface area contributed by atoms with Gasteiger partial charge in [0.15, 0.2) is 0 Å². The molecule has 1 aromatic carbocycles. The van der Waals surface area contributed by atoms with Crippen LogP contribution in [0.25, 0.3) is 5.69 Å². The van der Waals surface area contributed by atoms with Crippen LogP contribution in [0.5, 0.6) is 5.88 Å². The molecule has 3 aromatic rings. The van der Waals surface area contributed by atoms with Crippen molar-refractivity contribution in [1.29, 1.82) is 0 Å². The van der Waals surface area contributed by atoms with Crippen LogP contribution in [0.2, 0.25) is 0 Å². The molecule has 2 aromatic heterocycles. The average molecular weight is 566 g/mol. The summed E-state index contributed by atoms with van der Waals surface area (Å²) in [4.78, 5) is 55.7. The molecule has 0 bridgehead atoms. The monoisotopic (exact) mass is 565 g/mol. The van der Waals surface area contributed by atoms with Gasteiger partial charge in [0.05, 0.1) is 23.1 Å². The number of tetrazole rings is 1. The highest BCUT2D eigenvalue weighted by Crippen LogP contribution is 2.34. The number of thioether (sulfide) groups is 1. The predicted octanol–water partition coefficient (Wildman–Crippen LogP) is 3.19. The van der Waals surface area contributed by atoms with Crippen LogP contribution in [0.3, 0.4) is 0 Å². The molecule has 4 heterocycles. The second-order valence-electron chi connectivity index (χ2n) is 10.4. The van der Waals surface area contributed by atoms with Gasteiger partial charge in [-0.05, 0) is 59.0 Å². The third-order valence-corrected chi connectivity index (χ3v) is 7.97. The highest BCUT2D eigenvalue weighted by atomic mass is 32.2. The van der Waals surface area contributed by atoms with E-state index in [1.165, 1.54) is 36.2 Å². The number of likely N-dealkylation sites (tertiary alicyclic amines) is 1. The number of anilines is 1. The molecule has 0 radical (unpaired) electrons. The van der Waals surface area contributed by atoms with E-state index in [4.69, 9.17) is 9.84 Å². The van der Waals surface area contributed by atoms with Crippen molar-refractivity contribution in [3.63, 3.8) is 0 Å². The Morgan fingerprint density at radius 3 is 2.25 bits per heavy atom. The molecule has 0 saturated carbocycles. The van der Waals surface area contributed by atoms with Gasteiger partial charge in [0.2, 0.25) is 22.9 Å². The molecule has 2 aliphatic rings. The van der Waals surface area contributed by atoms with Crippen molar-refractivity contribution in [2.24, 2.45) is 5.41 Å². The van der Waals surface area contributed by atoms with E-state index in [0.29, 0.717) is 42.5 Å². The summed E-state index contributed by atoms with van der Waals surface area (Å²) in [5.74, 6) is -1.49. The smallest absolute Gasteiger partial charge is 0.416 e. The number of carboxylic acid groups (broad SMARTS) is 1. The number of rotatable bonds is 6. The molecule has 0 spiro atoms. The van der Waals surface area contributed by atoms with Crippen LogP contribution < -0.4 is 9.64 Å². The molecular weight excluding hydrogens is 538 g/mol. The van der Waals surface area contributed by atoms with Gasteiger partial charge in [-0.15, -0.1) is 5.10 Å². The van der Waals surface area contributed by atoms with Gasteiger partial charge in [0.25, 0.3) is 0 Å². The Morgan fingerprint density at radius 1 is 1.00 bits per heavy atom. The first-order valence-electron chi connectivity index (χ1n) is 12.7. The summed E-state index contributed by atoms with van der Waals surface area (Å²) >= 11 is 1.50. The Balaban J connectivity index is 1.13. The number of pyridine rings is 1. The highest BCUT2D eigenvalue weighted by molar-refractivity contribution is 7.99. The van der Waals surface area contributed by atoms with Gasteiger partial charge in [-0.2, -0.15) is 4.68 Å². The zero-order valence-electron chi connectivity index (χ0n) is 21.9. The first-order valence-corrected chi connectivity index (χ1v) is 13.5. The SMILES string of the molecule is CC1(C)CC(=O)N(c2ccc(OC(=O)N3CCC(Sc4nnnn4-c4ccc(C(=O)O)cc4)CC3)nc2)C(=O)C1. The summed E-state index contributed by atoms with van der Waals surface area (Å²) < 4.78 is 6.98. The van der Waals surface area contributed by atoms with Gasteiger partial charge in [0, 0.05) is 37.2 Å². The summed E-state index contributed by atoms with van der Waals surface area (Å²) in [6.07, 6.45) is 2.73. The summed E-state index contributed by atoms with van der Waals surface area (Å²) in [5, 5.41) is 21.7. The molecule has 1 N–H and O–H groups in total. The molecule has 5 rings (SSSR count). The van der Waals surface area contributed by atoms with Crippen molar-refractivity contribution in [2.45, 2.75) is 49.9 Å². The second-order valence-corrected chi connectivity index (χ2v) is 11.7. The number of imide groups is 1. The van der Waals surface area contributed by atoms with Crippen LogP contribution in [-0.4, -0.2) is 77.4 Å². The third-order valence-electron chi connectivity index (χ3n) is 6.70. The van der Waals surface area contributed by atoms with Gasteiger partial charge in [-0.25, -0.2) is 19.5 Å². The predicted molar refractivity (Wildman–Crippen MR) is 142 cm³/mol. The van der Waals surface area contributed by atoms with E-state index in [1.807, 2.05) is 13.8 Å². The van der Waals surface area contributed by atoms with Gasteiger partial charge in [0.1, 0.15) is 0 Å². The number of piperidine rings is 2. The molecule has 40 heavy (non-hydrogen) atoms. The number of benzene rings is 1. The van der Waals surface area contributed by atoms with Crippen molar-refractivity contribution in [2.75, 3.05) is 18.0 Å². The second kappa shape index (κ2) is 11.0. The van der Waals surface area contributed by atoms with E-state index in [2.05, 4.69) is 20.5 Å². The van der Waals surface area contributed by atoms with E-state index < -0.39 is 12.1 Å². The number of nitrogens with zero attached hydrogens (tertiary/aromatic N) is 7. The van der Waals surface area contributed by atoms with E-state index >= 15 is 0 Å². The lowest BCUT2D eigenvalue weighted by Crippen LogP contribution is -2.46. The average Bonchev–Trinajstić information content (AvgIpc) is 3.37. The lowest BCUT2D eigenvalue weighted by Gasteiger charge is -2.34. The molecule has 3 amide bonds. The van der Waals surface area contributed by atoms with Crippen molar-refractivity contribution in [3.8, 4) is 11.6 Å². The number of aromatic nitrogens is 5. The maximum absolute atomic E-state index is 12.7. The standard InChI is InChI=1S/C26H27N7O6S/c1-26(2)13-21(34)32(22(35)14-26)18-7-8-20(27-15-18)39-25(38)31-11-9-19(10-12-31)40-24-28-29-30-33(24)17-5-3-16(4-6-17)23(36)37/h3-8,15,19H,9-14H2,1-2H3,(H,36,37). The Hall–Kier alpha value is -4.33. The highest BCUT2D eigenvalue weighted by Gasteiger charge is 2.38. The lowest BCUT2D eigenvalue weighted by molar-refractivity contribution is -0.132. The summed E-state index contributed by atoms with van der Waals surface area (Å²) in [5.41, 5.74) is 0.801. The van der Waals surface area contributed by atoms with Gasteiger partial charge in [-0.1, -0.05) is 25.6 Å². The summed E-state index contributed by atoms with van der Waals surface area (Å²) in [6.45, 7) is 4.71. The first kappa shape index (κ1) is 27.2. The van der Waals surface area contributed by atoms with Crippen molar-refractivity contribution in [1.82, 2.24) is 30.1 Å². The number of hydrogen-bond donors (Lipinski definition) is 1. The maximum atomic E-state index is 12.7. The molecule has 14 heteroatoms. The molecule has 2 aliphatic heterocycles. The van der Waals surface area contributed by atoms with Crippen LogP contribution in [0.15, 0.2) is 47.8 Å². The molecule has 208 valence electrons. The topological polar surface area (TPSA) is 161 Å². The van der Waals surface area contributed by atoms with Crippen LogP contribution in [0.1, 0.15) is 49.9 Å². The molecule has 2 saturated heterocycles. The summed E-state index contributed by atoms with van der Waals surface area (Å²) in [7, 11) is 0. The van der Waals surface area contributed by atoms with E-state index in [1.54, 1.807) is 27.8 Å². The zero-order valence-corrected chi connectivity index (χ0v) is 22.7. The zero-order chi connectivity index (χ0) is 28.4. The third kappa shape index (κ3) is 5.96. The van der Waals surface area contributed by atoms with E-state index in [-0.39, 0.29) is 46.8 Å². The van der Waals surface area contributed by atoms with Crippen LogP contribution in [0.4, 0.5) is 10.5 Å². The number of ether oxygens (including phenoxy) is 1. The Kier molecular flexibility index (Phi) is 7.52. The van der Waals surface area contributed by atoms with Gasteiger partial charge >= 0.3 is 12.1 Å². The molecule has 2 fully saturated rings. The largest absolute Gasteiger partial charge is 0.478 e. The van der Waals surface area contributed by atoms with Crippen molar-refractivity contribution in [3.05, 3.63) is 48.2 Å². The minimum absolute atomic E-state index is 0.0792. The molecular formula is C26H27N7O6S. The molecule has 0 unspecified atom stereocenters. The van der Waals surface area contributed by atoms with E-state index in [0.717, 1.165) is 4.90 Å². The minimum atomic E-state index is -1.01. The van der Waals surface area contributed by atoms with Crippen molar-refractivity contribution >= 4 is 41.3 Å². The quantitative estimate of drug-likeness (QED) is 0.437. The normalized spacial score (nSPS) is 17.6. The van der Waals surface area contributed by atoms with Crippen LogP contribution in [0, 0.1) is 5.41 Å². The number of hydrogen-bond acceptors (Lipinski definition) is 10. The maximum Gasteiger partial charge on any atom is 0.416 e. The van der Waals surface area contributed by atoms with Crippen LogP contribution in [-0.2, 0) is 9.59 Å². The fraction of sp³-hybridized carbons (Fsp3) is 0.385. The molecule has 0 aliphatic carbocycles. The molecule has 13 nitrogen and oxygen atoms in total. The minimum Gasteiger partial charge on any atom is -0.478 e. The Morgan fingerprint density at radius 2 is 1.65 bits per heavy atom. The Labute approximate surface area is 233 Å². The van der Waals surface area contributed by atoms with Gasteiger partial charge < -0.3 is 14.7 Å². The van der Waals surface area contributed by atoms with E-state index in [9.17, 15) is 19.2 Å². The molecule has 0 atom stereocenters. The Bertz CT molecular complexity index is 1410. The number of amides is 3. The van der Waals surface area contributed by atoms with Crippen LogP contribution >= 0.6 is 11.8 Å².